The molecule has 0 aromatic rings. The molecule has 0 rings (SSSR count). The van der Waals surface area contributed by atoms with Gasteiger partial charge in [0.2, 0.25) is 11.8 Å². The lowest BCUT2D eigenvalue weighted by Crippen LogP contribution is -2.33. The average molecular weight is 249 g/mol. The molecule has 0 saturated heterocycles. The Kier molecular flexibility index (Phi) is 9.00. The van der Waals surface area contributed by atoms with E-state index in [0.29, 0.717) is 13.0 Å². The van der Waals surface area contributed by atoms with E-state index >= 15 is 0 Å². The minimum absolute atomic E-state index is 0.0550. The first-order chi connectivity index (χ1) is 7.61. The molecule has 0 radical (unpaired) electrons. The van der Waals surface area contributed by atoms with Gasteiger partial charge in [0.15, 0.2) is 0 Å². The normalized spacial score (nSPS) is 9.94. The third kappa shape index (κ3) is 7.51. The number of hydrogen-bond donors (Lipinski definition) is 1. The van der Waals surface area contributed by atoms with Crippen molar-refractivity contribution in [3.63, 3.8) is 0 Å². The molecule has 0 fully saturated rings. The number of carbonyl (C=O) groups excluding carboxylic acids is 2. The monoisotopic (exact) mass is 248 g/mol. The molecule has 4 nitrogen and oxygen atoms in total. The predicted octanol–water partition coefficient (Wildman–Crippen LogP) is 1.38. The Bertz CT molecular complexity index is 222. The van der Waals surface area contributed by atoms with Gasteiger partial charge in [-0.25, -0.2) is 0 Å². The summed E-state index contributed by atoms with van der Waals surface area (Å²) in [6.45, 7) is 3.28. The van der Waals surface area contributed by atoms with Crippen molar-refractivity contribution in [3.8, 4) is 0 Å². The highest BCUT2D eigenvalue weighted by atomic mass is 35.5. The molecule has 0 aromatic carbocycles. The maximum absolute atomic E-state index is 11.5. The number of alkyl halides is 1. The molecule has 0 aliphatic rings. The summed E-state index contributed by atoms with van der Waals surface area (Å²) in [6.07, 6.45) is 3.66. The van der Waals surface area contributed by atoms with E-state index in [1.54, 1.807) is 11.9 Å². The minimum atomic E-state index is -0.233. The minimum Gasteiger partial charge on any atom is -0.355 e. The van der Waals surface area contributed by atoms with E-state index in [1.807, 2.05) is 0 Å². The Morgan fingerprint density at radius 3 is 2.56 bits per heavy atom. The van der Waals surface area contributed by atoms with E-state index in [0.717, 1.165) is 25.8 Å². The maximum atomic E-state index is 11.5. The van der Waals surface area contributed by atoms with Gasteiger partial charge in [-0.1, -0.05) is 19.8 Å². The second-order valence-corrected chi connectivity index (χ2v) is 4.02. The maximum Gasteiger partial charge on any atom is 0.234 e. The standard InChI is InChI=1S/C11H21ClN2O2/c1-3-4-5-8-14(2)11(16)6-7-13-10(15)9-12/h3-9H2,1-2H3,(H,13,15). The molecule has 0 heterocycles. The van der Waals surface area contributed by atoms with E-state index in [9.17, 15) is 9.59 Å². The van der Waals surface area contributed by atoms with E-state index in [1.165, 1.54) is 0 Å². The first kappa shape index (κ1) is 15.2. The molecule has 0 aliphatic heterocycles. The summed E-state index contributed by atoms with van der Waals surface area (Å²) < 4.78 is 0. The summed E-state index contributed by atoms with van der Waals surface area (Å²) in [5.41, 5.74) is 0. The molecule has 0 saturated carbocycles. The Morgan fingerprint density at radius 2 is 2.00 bits per heavy atom. The highest BCUT2D eigenvalue weighted by molar-refractivity contribution is 6.27. The molecule has 1 N–H and O–H groups in total. The van der Waals surface area contributed by atoms with E-state index in [2.05, 4.69) is 12.2 Å². The Hall–Kier alpha value is -0.770. The number of carbonyl (C=O) groups is 2. The SMILES string of the molecule is CCCCCN(C)C(=O)CCNC(=O)CCl. The summed E-state index contributed by atoms with van der Waals surface area (Å²) in [6, 6.07) is 0. The van der Waals surface area contributed by atoms with Gasteiger partial charge in [-0.15, -0.1) is 11.6 Å². The second kappa shape index (κ2) is 9.46. The van der Waals surface area contributed by atoms with Crippen molar-refractivity contribution in [2.45, 2.75) is 32.6 Å². The van der Waals surface area contributed by atoms with Crippen LogP contribution in [0.5, 0.6) is 0 Å². The van der Waals surface area contributed by atoms with Crippen LogP contribution in [0.3, 0.4) is 0 Å². The third-order valence-electron chi connectivity index (χ3n) is 2.31. The number of hydrogen-bond acceptors (Lipinski definition) is 2. The summed E-state index contributed by atoms with van der Waals surface area (Å²) >= 11 is 5.31. The lowest BCUT2D eigenvalue weighted by molar-refractivity contribution is -0.129. The van der Waals surface area contributed by atoms with E-state index in [-0.39, 0.29) is 17.7 Å². The van der Waals surface area contributed by atoms with Crippen LogP contribution >= 0.6 is 11.6 Å². The van der Waals surface area contributed by atoms with Crippen molar-refractivity contribution in [3.05, 3.63) is 0 Å². The molecule has 5 heteroatoms. The predicted molar refractivity (Wildman–Crippen MR) is 65.5 cm³/mol. The van der Waals surface area contributed by atoms with Crippen LogP contribution in [-0.2, 0) is 9.59 Å². The molecule has 94 valence electrons. The Morgan fingerprint density at radius 1 is 1.31 bits per heavy atom. The Labute approximate surface area is 102 Å². The lowest BCUT2D eigenvalue weighted by Gasteiger charge is -2.16. The first-order valence-electron chi connectivity index (χ1n) is 5.68. The van der Waals surface area contributed by atoms with Gasteiger partial charge < -0.3 is 10.2 Å². The van der Waals surface area contributed by atoms with Crippen LogP contribution in [0, 0.1) is 0 Å². The molecule has 16 heavy (non-hydrogen) atoms. The zero-order valence-electron chi connectivity index (χ0n) is 10.1. The summed E-state index contributed by atoms with van der Waals surface area (Å²) in [7, 11) is 1.79. The molecule has 0 aliphatic carbocycles. The number of rotatable bonds is 8. The van der Waals surface area contributed by atoms with Crippen LogP contribution in [0.25, 0.3) is 0 Å². The molecular formula is C11H21ClN2O2. The third-order valence-corrected chi connectivity index (χ3v) is 2.55. The molecule has 0 spiro atoms. The highest BCUT2D eigenvalue weighted by Gasteiger charge is 2.08. The van der Waals surface area contributed by atoms with Crippen molar-refractivity contribution in [2.24, 2.45) is 0 Å². The zero-order valence-corrected chi connectivity index (χ0v) is 10.8. The number of nitrogens with zero attached hydrogens (tertiary/aromatic N) is 1. The van der Waals surface area contributed by atoms with Crippen LogP contribution in [0.2, 0.25) is 0 Å². The molecular weight excluding hydrogens is 228 g/mol. The summed E-state index contributed by atoms with van der Waals surface area (Å²) in [5, 5.41) is 2.57. The number of unbranched alkanes of at least 4 members (excludes halogenated alkanes) is 2. The fraction of sp³-hybridized carbons (Fsp3) is 0.818. The second-order valence-electron chi connectivity index (χ2n) is 3.76. The summed E-state index contributed by atoms with van der Waals surface area (Å²) in [4.78, 5) is 24.1. The quantitative estimate of drug-likeness (QED) is 0.521. The molecule has 0 bridgehead atoms. The zero-order chi connectivity index (χ0) is 12.4. The topological polar surface area (TPSA) is 49.4 Å². The van der Waals surface area contributed by atoms with Gasteiger partial charge in [0.25, 0.3) is 0 Å². The highest BCUT2D eigenvalue weighted by Crippen LogP contribution is 1.98. The fourth-order valence-corrected chi connectivity index (χ4v) is 1.37. The van der Waals surface area contributed by atoms with Gasteiger partial charge in [0, 0.05) is 26.6 Å². The fourth-order valence-electron chi connectivity index (χ4n) is 1.27. The van der Waals surface area contributed by atoms with Crippen LogP contribution in [-0.4, -0.2) is 42.7 Å². The number of nitrogens with one attached hydrogen (secondary N) is 1. The number of amides is 2. The van der Waals surface area contributed by atoms with Gasteiger partial charge in [0.1, 0.15) is 5.88 Å². The van der Waals surface area contributed by atoms with Crippen molar-refractivity contribution in [1.29, 1.82) is 0 Å². The van der Waals surface area contributed by atoms with Crippen molar-refractivity contribution in [1.82, 2.24) is 10.2 Å². The van der Waals surface area contributed by atoms with E-state index < -0.39 is 0 Å². The molecule has 0 atom stereocenters. The molecule has 0 unspecified atom stereocenters. The van der Waals surface area contributed by atoms with Gasteiger partial charge in [-0.3, -0.25) is 9.59 Å². The Balaban J connectivity index is 3.58. The van der Waals surface area contributed by atoms with Crippen LogP contribution in [0.15, 0.2) is 0 Å². The van der Waals surface area contributed by atoms with Gasteiger partial charge in [-0.2, -0.15) is 0 Å². The number of halogens is 1. The van der Waals surface area contributed by atoms with Crippen LogP contribution < -0.4 is 5.32 Å². The van der Waals surface area contributed by atoms with Crippen molar-refractivity contribution < 1.29 is 9.59 Å². The summed E-state index contributed by atoms with van der Waals surface area (Å²) in [5.74, 6) is -0.227. The van der Waals surface area contributed by atoms with Gasteiger partial charge in [-0.05, 0) is 6.42 Å². The van der Waals surface area contributed by atoms with Crippen molar-refractivity contribution in [2.75, 3.05) is 26.0 Å². The molecule has 0 aromatic heterocycles. The average Bonchev–Trinajstić information content (AvgIpc) is 2.28. The van der Waals surface area contributed by atoms with Crippen molar-refractivity contribution >= 4 is 23.4 Å². The van der Waals surface area contributed by atoms with E-state index in [4.69, 9.17) is 11.6 Å². The van der Waals surface area contributed by atoms with Gasteiger partial charge in [0.05, 0.1) is 0 Å². The van der Waals surface area contributed by atoms with Crippen LogP contribution in [0.4, 0.5) is 0 Å². The molecule has 2 amide bonds. The lowest BCUT2D eigenvalue weighted by atomic mass is 10.2. The largest absolute Gasteiger partial charge is 0.355 e. The first-order valence-corrected chi connectivity index (χ1v) is 6.21. The van der Waals surface area contributed by atoms with Gasteiger partial charge >= 0.3 is 0 Å². The smallest absolute Gasteiger partial charge is 0.234 e. The van der Waals surface area contributed by atoms with Crippen LogP contribution in [0.1, 0.15) is 32.6 Å².